The molecular formula is C20H36N4O3. The van der Waals surface area contributed by atoms with E-state index in [9.17, 15) is 4.79 Å². The van der Waals surface area contributed by atoms with Crippen molar-refractivity contribution < 1.29 is 14.3 Å². The zero-order chi connectivity index (χ0) is 19.4. The molecule has 0 radical (unpaired) electrons. The number of ether oxygens (including phenoxy) is 2. The van der Waals surface area contributed by atoms with Gasteiger partial charge in [0.25, 0.3) is 0 Å². The van der Waals surface area contributed by atoms with Gasteiger partial charge in [0, 0.05) is 13.1 Å². The van der Waals surface area contributed by atoms with E-state index in [4.69, 9.17) is 14.5 Å². The standard InChI is InChI=1S/C20H36N4O3/c1-5-21-18(23-16-12-15-9-10-17(16)26-15)22-13-14-8-6-7-11-24(14)19(25)27-20(2,3)4/h14-17H,5-13H2,1-4H3,(H2,21,22,23). The van der Waals surface area contributed by atoms with E-state index in [1.807, 2.05) is 25.7 Å². The Balaban J connectivity index is 1.59. The average molecular weight is 381 g/mol. The van der Waals surface area contributed by atoms with Gasteiger partial charge in [-0.05, 0) is 66.2 Å². The molecule has 2 bridgehead atoms. The molecule has 7 heteroatoms. The molecule has 3 rings (SSSR count). The van der Waals surface area contributed by atoms with Crippen LogP contribution in [0.3, 0.4) is 0 Å². The summed E-state index contributed by atoms with van der Waals surface area (Å²) in [7, 11) is 0. The van der Waals surface area contributed by atoms with Crippen LogP contribution in [0.1, 0.15) is 66.2 Å². The van der Waals surface area contributed by atoms with Crippen LogP contribution >= 0.6 is 0 Å². The maximum absolute atomic E-state index is 12.6. The molecule has 154 valence electrons. The first-order chi connectivity index (χ1) is 12.9. The van der Waals surface area contributed by atoms with E-state index in [2.05, 4.69) is 17.6 Å². The molecule has 4 atom stereocenters. The summed E-state index contributed by atoms with van der Waals surface area (Å²) in [4.78, 5) is 19.2. The lowest BCUT2D eigenvalue weighted by Crippen LogP contribution is -2.50. The highest BCUT2D eigenvalue weighted by molar-refractivity contribution is 5.80. The molecule has 3 fully saturated rings. The quantitative estimate of drug-likeness (QED) is 0.579. The first-order valence-corrected chi connectivity index (χ1v) is 10.6. The largest absolute Gasteiger partial charge is 0.444 e. The van der Waals surface area contributed by atoms with Gasteiger partial charge in [0.1, 0.15) is 5.60 Å². The maximum atomic E-state index is 12.6. The van der Waals surface area contributed by atoms with Crippen LogP contribution in [0.2, 0.25) is 0 Å². The zero-order valence-corrected chi connectivity index (χ0v) is 17.3. The number of carbonyl (C=O) groups excluding carboxylic acids is 1. The maximum Gasteiger partial charge on any atom is 0.410 e. The number of carbonyl (C=O) groups is 1. The van der Waals surface area contributed by atoms with E-state index in [0.29, 0.717) is 24.8 Å². The summed E-state index contributed by atoms with van der Waals surface area (Å²) >= 11 is 0. The molecular weight excluding hydrogens is 344 g/mol. The smallest absolute Gasteiger partial charge is 0.410 e. The first-order valence-electron chi connectivity index (χ1n) is 10.6. The zero-order valence-electron chi connectivity index (χ0n) is 17.3. The van der Waals surface area contributed by atoms with Crippen molar-refractivity contribution in [1.82, 2.24) is 15.5 Å². The van der Waals surface area contributed by atoms with E-state index < -0.39 is 5.60 Å². The highest BCUT2D eigenvalue weighted by Gasteiger charge is 2.41. The molecule has 0 aliphatic carbocycles. The molecule has 2 N–H and O–H groups in total. The molecule has 27 heavy (non-hydrogen) atoms. The second-order valence-electron chi connectivity index (χ2n) is 8.90. The van der Waals surface area contributed by atoms with Gasteiger partial charge >= 0.3 is 6.09 Å². The van der Waals surface area contributed by atoms with Gasteiger partial charge in [-0.3, -0.25) is 4.99 Å². The van der Waals surface area contributed by atoms with Crippen molar-refractivity contribution in [3.63, 3.8) is 0 Å². The predicted octanol–water partition coefficient (Wildman–Crippen LogP) is 2.65. The molecule has 0 aromatic heterocycles. The van der Waals surface area contributed by atoms with E-state index in [1.54, 1.807) is 0 Å². The number of aliphatic imine (C=N–C) groups is 1. The lowest BCUT2D eigenvalue weighted by atomic mass is 9.96. The Morgan fingerprint density at radius 3 is 2.70 bits per heavy atom. The fourth-order valence-corrected chi connectivity index (χ4v) is 4.23. The van der Waals surface area contributed by atoms with E-state index >= 15 is 0 Å². The molecule has 0 aromatic rings. The lowest BCUT2D eigenvalue weighted by molar-refractivity contribution is 0.0109. The van der Waals surface area contributed by atoms with Crippen molar-refractivity contribution in [3.8, 4) is 0 Å². The molecule has 7 nitrogen and oxygen atoms in total. The lowest BCUT2D eigenvalue weighted by Gasteiger charge is -2.36. The molecule has 3 aliphatic heterocycles. The number of likely N-dealkylation sites (tertiary alicyclic amines) is 1. The summed E-state index contributed by atoms with van der Waals surface area (Å²) in [5, 5.41) is 6.89. The minimum absolute atomic E-state index is 0.0975. The highest BCUT2D eigenvalue weighted by Crippen LogP contribution is 2.34. The summed E-state index contributed by atoms with van der Waals surface area (Å²) in [6.45, 7) is 9.96. The number of amides is 1. The average Bonchev–Trinajstić information content (AvgIpc) is 3.21. The van der Waals surface area contributed by atoms with Crippen molar-refractivity contribution in [2.24, 2.45) is 4.99 Å². The Morgan fingerprint density at radius 2 is 2.07 bits per heavy atom. The van der Waals surface area contributed by atoms with Gasteiger partial charge in [-0.1, -0.05) is 0 Å². The minimum Gasteiger partial charge on any atom is -0.444 e. The summed E-state index contributed by atoms with van der Waals surface area (Å²) in [5.41, 5.74) is -0.472. The Hall–Kier alpha value is -1.50. The molecule has 0 saturated carbocycles. The fourth-order valence-electron chi connectivity index (χ4n) is 4.23. The number of hydrogen-bond donors (Lipinski definition) is 2. The van der Waals surface area contributed by atoms with Crippen molar-refractivity contribution in [3.05, 3.63) is 0 Å². The molecule has 4 unspecified atom stereocenters. The number of rotatable bonds is 4. The van der Waals surface area contributed by atoms with Crippen LogP contribution in [0.4, 0.5) is 4.79 Å². The summed E-state index contributed by atoms with van der Waals surface area (Å²) in [5.74, 6) is 0.827. The van der Waals surface area contributed by atoms with Crippen LogP contribution in [0.5, 0.6) is 0 Å². The van der Waals surface area contributed by atoms with Gasteiger partial charge in [0.05, 0.1) is 30.8 Å². The monoisotopic (exact) mass is 380 g/mol. The normalized spacial score (nSPS) is 31.1. The number of piperidine rings is 1. The third-order valence-corrected chi connectivity index (χ3v) is 5.49. The highest BCUT2D eigenvalue weighted by atomic mass is 16.6. The SMILES string of the molecule is CCNC(=NCC1CCCCN1C(=O)OC(C)(C)C)NC1CC2CCC1O2. The number of nitrogens with zero attached hydrogens (tertiary/aromatic N) is 2. The molecule has 1 amide bonds. The number of hydrogen-bond acceptors (Lipinski definition) is 4. The van der Waals surface area contributed by atoms with Crippen molar-refractivity contribution in [2.45, 2.75) is 96.1 Å². The van der Waals surface area contributed by atoms with Crippen LogP contribution in [0.25, 0.3) is 0 Å². The number of nitrogens with one attached hydrogen (secondary N) is 2. The topological polar surface area (TPSA) is 75.2 Å². The predicted molar refractivity (Wildman–Crippen MR) is 106 cm³/mol. The second kappa shape index (κ2) is 8.67. The van der Waals surface area contributed by atoms with Crippen LogP contribution < -0.4 is 10.6 Å². The number of fused-ring (bicyclic) bond motifs is 2. The third kappa shape index (κ3) is 5.50. The molecule has 3 saturated heterocycles. The van der Waals surface area contributed by atoms with Gasteiger partial charge in [0.2, 0.25) is 0 Å². The van der Waals surface area contributed by atoms with Gasteiger partial charge < -0.3 is 25.0 Å². The van der Waals surface area contributed by atoms with Gasteiger partial charge in [0.15, 0.2) is 5.96 Å². The Labute approximate surface area is 163 Å². The minimum atomic E-state index is -0.472. The molecule has 3 heterocycles. The number of guanidine groups is 1. The first kappa shape index (κ1) is 20.2. The van der Waals surface area contributed by atoms with E-state index in [1.165, 1.54) is 6.42 Å². The summed E-state index contributed by atoms with van der Waals surface area (Å²) < 4.78 is 11.5. The van der Waals surface area contributed by atoms with Crippen LogP contribution in [-0.4, -0.2) is 66.5 Å². The third-order valence-electron chi connectivity index (χ3n) is 5.49. The Kier molecular flexibility index (Phi) is 6.50. The van der Waals surface area contributed by atoms with Gasteiger partial charge in [-0.2, -0.15) is 0 Å². The van der Waals surface area contributed by atoms with E-state index in [-0.39, 0.29) is 12.1 Å². The summed E-state index contributed by atoms with van der Waals surface area (Å²) in [6.07, 6.45) is 7.01. The van der Waals surface area contributed by atoms with Gasteiger partial charge in [-0.15, -0.1) is 0 Å². The molecule has 0 spiro atoms. The Morgan fingerprint density at radius 1 is 1.26 bits per heavy atom. The van der Waals surface area contributed by atoms with Crippen LogP contribution in [0.15, 0.2) is 4.99 Å². The van der Waals surface area contributed by atoms with Crippen molar-refractivity contribution >= 4 is 12.1 Å². The fraction of sp³-hybridized carbons (Fsp3) is 0.900. The van der Waals surface area contributed by atoms with Crippen LogP contribution in [0, 0.1) is 0 Å². The van der Waals surface area contributed by atoms with Gasteiger partial charge in [-0.25, -0.2) is 4.79 Å². The molecule has 3 aliphatic rings. The van der Waals surface area contributed by atoms with E-state index in [0.717, 1.165) is 51.2 Å². The van der Waals surface area contributed by atoms with Crippen molar-refractivity contribution in [1.29, 1.82) is 0 Å². The molecule has 0 aromatic carbocycles. The summed E-state index contributed by atoms with van der Waals surface area (Å²) in [6, 6.07) is 0.440. The second-order valence-corrected chi connectivity index (χ2v) is 8.90. The van der Waals surface area contributed by atoms with Crippen molar-refractivity contribution in [2.75, 3.05) is 19.6 Å². The Bertz CT molecular complexity index is 546. The van der Waals surface area contributed by atoms with Crippen LogP contribution in [-0.2, 0) is 9.47 Å².